The van der Waals surface area contributed by atoms with Crippen molar-refractivity contribution in [1.29, 1.82) is 0 Å². The van der Waals surface area contributed by atoms with Gasteiger partial charge in [0.15, 0.2) is 0 Å². The highest BCUT2D eigenvalue weighted by Crippen LogP contribution is 2.15. The van der Waals surface area contributed by atoms with Gasteiger partial charge in [-0.2, -0.15) is 0 Å². The average molecular weight is 187 g/mol. The fourth-order valence-electron chi connectivity index (χ4n) is 1.58. The number of likely N-dealkylation sites (tertiary alicyclic amines) is 1. The van der Waals surface area contributed by atoms with Gasteiger partial charge in [-0.05, 0) is 18.8 Å². The summed E-state index contributed by atoms with van der Waals surface area (Å²) in [6, 6.07) is 0. The van der Waals surface area contributed by atoms with Gasteiger partial charge in [0.1, 0.15) is 6.61 Å². The van der Waals surface area contributed by atoms with Crippen molar-refractivity contribution in [2.75, 3.05) is 26.3 Å². The quantitative estimate of drug-likeness (QED) is 0.697. The highest BCUT2D eigenvalue weighted by molar-refractivity contribution is 5.67. The second kappa shape index (κ2) is 5.07. The van der Waals surface area contributed by atoms with E-state index < -0.39 is 0 Å². The summed E-state index contributed by atoms with van der Waals surface area (Å²) in [5.74, 6) is 0.565. The van der Waals surface area contributed by atoms with Crippen LogP contribution in [0.1, 0.15) is 19.8 Å². The van der Waals surface area contributed by atoms with E-state index in [-0.39, 0.29) is 19.3 Å². The summed E-state index contributed by atoms with van der Waals surface area (Å²) in [7, 11) is 0. The van der Waals surface area contributed by atoms with Crippen LogP contribution in [0.15, 0.2) is 0 Å². The summed E-state index contributed by atoms with van der Waals surface area (Å²) < 4.78 is 4.82. The second-order valence-electron chi connectivity index (χ2n) is 3.53. The van der Waals surface area contributed by atoms with Crippen LogP contribution in [0.25, 0.3) is 0 Å². The third-order valence-electron chi connectivity index (χ3n) is 2.23. The number of hydrogen-bond acceptors (Lipinski definition) is 3. The van der Waals surface area contributed by atoms with Crippen LogP contribution in [0.4, 0.5) is 4.79 Å². The van der Waals surface area contributed by atoms with Crippen LogP contribution in [0.5, 0.6) is 0 Å². The molecule has 1 atom stereocenters. The van der Waals surface area contributed by atoms with Gasteiger partial charge < -0.3 is 14.7 Å². The number of ether oxygens (including phenoxy) is 1. The molecule has 4 nitrogen and oxygen atoms in total. The molecule has 1 aliphatic rings. The first-order chi connectivity index (χ1) is 6.24. The van der Waals surface area contributed by atoms with Crippen LogP contribution in [-0.4, -0.2) is 42.4 Å². The van der Waals surface area contributed by atoms with E-state index >= 15 is 0 Å². The van der Waals surface area contributed by atoms with Gasteiger partial charge >= 0.3 is 6.09 Å². The number of piperidine rings is 1. The molecule has 1 N–H and O–H groups in total. The second-order valence-corrected chi connectivity index (χ2v) is 3.53. The van der Waals surface area contributed by atoms with Gasteiger partial charge in [0.05, 0.1) is 6.61 Å². The van der Waals surface area contributed by atoms with Crippen molar-refractivity contribution in [3.63, 3.8) is 0 Å². The fourth-order valence-corrected chi connectivity index (χ4v) is 1.58. The topological polar surface area (TPSA) is 49.8 Å². The van der Waals surface area contributed by atoms with E-state index in [4.69, 9.17) is 9.84 Å². The van der Waals surface area contributed by atoms with E-state index in [1.807, 2.05) is 0 Å². The van der Waals surface area contributed by atoms with E-state index in [9.17, 15) is 4.79 Å². The van der Waals surface area contributed by atoms with E-state index in [1.165, 1.54) is 6.42 Å². The van der Waals surface area contributed by atoms with Gasteiger partial charge in [0, 0.05) is 13.1 Å². The molecule has 1 saturated heterocycles. The first kappa shape index (κ1) is 10.3. The third kappa shape index (κ3) is 3.22. The summed E-state index contributed by atoms with van der Waals surface area (Å²) in [6.45, 7) is 3.70. The highest BCUT2D eigenvalue weighted by Gasteiger charge is 2.21. The molecule has 0 radical (unpaired) electrons. The fraction of sp³-hybridized carbons (Fsp3) is 0.889. The number of carbonyl (C=O) groups excluding carboxylic acids is 1. The van der Waals surface area contributed by atoms with E-state index in [1.54, 1.807) is 4.90 Å². The van der Waals surface area contributed by atoms with Crippen LogP contribution in [0.2, 0.25) is 0 Å². The third-order valence-corrected chi connectivity index (χ3v) is 2.23. The molecule has 76 valence electrons. The molecule has 1 amide bonds. The summed E-state index contributed by atoms with van der Waals surface area (Å²) >= 11 is 0. The number of nitrogens with zero attached hydrogens (tertiary/aromatic N) is 1. The summed E-state index contributed by atoms with van der Waals surface area (Å²) in [4.78, 5) is 13.0. The van der Waals surface area contributed by atoms with E-state index in [2.05, 4.69) is 6.92 Å². The maximum atomic E-state index is 11.3. The first-order valence-electron chi connectivity index (χ1n) is 4.76. The van der Waals surface area contributed by atoms with E-state index in [0.29, 0.717) is 5.92 Å². The Kier molecular flexibility index (Phi) is 4.02. The molecule has 1 unspecified atom stereocenters. The smallest absolute Gasteiger partial charge is 0.409 e. The summed E-state index contributed by atoms with van der Waals surface area (Å²) in [5, 5.41) is 8.47. The van der Waals surface area contributed by atoms with Crippen molar-refractivity contribution >= 4 is 6.09 Å². The molecule has 0 aromatic rings. The van der Waals surface area contributed by atoms with Crippen LogP contribution >= 0.6 is 0 Å². The molecule has 0 saturated carbocycles. The van der Waals surface area contributed by atoms with Crippen LogP contribution in [0.3, 0.4) is 0 Å². The standard InChI is InChI=1S/C9H17NO3/c1-8-3-2-4-10(7-8)9(12)13-6-5-11/h8,11H,2-7H2,1H3. The molecule has 0 aliphatic carbocycles. The number of aliphatic hydroxyl groups excluding tert-OH is 1. The summed E-state index contributed by atoms with van der Waals surface area (Å²) in [5.41, 5.74) is 0. The van der Waals surface area contributed by atoms with Crippen molar-refractivity contribution < 1.29 is 14.6 Å². The molecular formula is C9H17NO3. The van der Waals surface area contributed by atoms with Crippen molar-refractivity contribution in [3.8, 4) is 0 Å². The van der Waals surface area contributed by atoms with Crippen molar-refractivity contribution in [2.24, 2.45) is 5.92 Å². The molecule has 13 heavy (non-hydrogen) atoms. The predicted octanol–water partition coefficient (Wildman–Crippen LogP) is 0.847. The lowest BCUT2D eigenvalue weighted by molar-refractivity contribution is 0.0718. The lowest BCUT2D eigenvalue weighted by atomic mass is 10.0. The molecular weight excluding hydrogens is 170 g/mol. The van der Waals surface area contributed by atoms with Crippen LogP contribution in [0, 0.1) is 5.92 Å². The summed E-state index contributed by atoms with van der Waals surface area (Å²) in [6.07, 6.45) is 1.94. The van der Waals surface area contributed by atoms with E-state index in [0.717, 1.165) is 19.5 Å². The van der Waals surface area contributed by atoms with Crippen molar-refractivity contribution in [2.45, 2.75) is 19.8 Å². The van der Waals surface area contributed by atoms with Crippen molar-refractivity contribution in [1.82, 2.24) is 4.90 Å². The number of hydrogen-bond donors (Lipinski definition) is 1. The molecule has 1 fully saturated rings. The van der Waals surface area contributed by atoms with Gasteiger partial charge in [-0.3, -0.25) is 0 Å². The van der Waals surface area contributed by atoms with Crippen LogP contribution in [-0.2, 0) is 4.74 Å². The molecule has 0 bridgehead atoms. The van der Waals surface area contributed by atoms with Crippen LogP contribution < -0.4 is 0 Å². The maximum Gasteiger partial charge on any atom is 0.409 e. The first-order valence-corrected chi connectivity index (χ1v) is 4.76. The zero-order valence-electron chi connectivity index (χ0n) is 8.03. The Morgan fingerprint density at radius 3 is 3.08 bits per heavy atom. The minimum absolute atomic E-state index is 0.101. The largest absolute Gasteiger partial charge is 0.447 e. The Labute approximate surface area is 78.5 Å². The van der Waals surface area contributed by atoms with Crippen molar-refractivity contribution in [3.05, 3.63) is 0 Å². The highest BCUT2D eigenvalue weighted by atomic mass is 16.6. The lowest BCUT2D eigenvalue weighted by Gasteiger charge is -2.29. The number of rotatable bonds is 2. The monoisotopic (exact) mass is 187 g/mol. The predicted molar refractivity (Wildman–Crippen MR) is 48.4 cm³/mol. The van der Waals surface area contributed by atoms with Gasteiger partial charge in [-0.15, -0.1) is 0 Å². The zero-order chi connectivity index (χ0) is 9.68. The Balaban J connectivity index is 2.28. The maximum absolute atomic E-state index is 11.3. The molecule has 1 heterocycles. The Morgan fingerprint density at radius 1 is 1.69 bits per heavy atom. The minimum atomic E-state index is -0.291. The number of carbonyl (C=O) groups is 1. The Hall–Kier alpha value is -0.770. The molecule has 1 aliphatic heterocycles. The Morgan fingerprint density at radius 2 is 2.46 bits per heavy atom. The molecule has 1 rings (SSSR count). The SMILES string of the molecule is CC1CCCN(C(=O)OCCO)C1. The number of amides is 1. The van der Waals surface area contributed by atoms with Gasteiger partial charge in [-0.25, -0.2) is 4.79 Å². The van der Waals surface area contributed by atoms with Gasteiger partial charge in [-0.1, -0.05) is 6.92 Å². The molecule has 0 aromatic heterocycles. The molecule has 4 heteroatoms. The average Bonchev–Trinajstić information content (AvgIpc) is 2.14. The zero-order valence-corrected chi connectivity index (χ0v) is 8.03. The molecule has 0 aromatic carbocycles. The Bertz CT molecular complexity index is 172. The van der Waals surface area contributed by atoms with Gasteiger partial charge in [0.25, 0.3) is 0 Å². The normalized spacial score (nSPS) is 22.9. The minimum Gasteiger partial charge on any atom is -0.447 e. The lowest BCUT2D eigenvalue weighted by Crippen LogP contribution is -2.39. The molecule has 0 spiro atoms. The number of aliphatic hydroxyl groups is 1. The van der Waals surface area contributed by atoms with Gasteiger partial charge in [0.2, 0.25) is 0 Å².